The van der Waals surface area contributed by atoms with Crippen molar-refractivity contribution in [1.29, 1.82) is 0 Å². The van der Waals surface area contributed by atoms with Crippen LogP contribution in [0.4, 0.5) is 0 Å². The lowest BCUT2D eigenvalue weighted by Crippen LogP contribution is -2.30. The highest BCUT2D eigenvalue weighted by atomic mass is 32.1. The predicted octanol–water partition coefficient (Wildman–Crippen LogP) is 2.33. The van der Waals surface area contributed by atoms with Crippen LogP contribution in [0.2, 0.25) is 0 Å². The molecule has 6 nitrogen and oxygen atoms in total. The number of carboxylic acids is 1. The van der Waals surface area contributed by atoms with Gasteiger partial charge in [0.15, 0.2) is 0 Å². The maximum absolute atomic E-state index is 13.0. The molecule has 2 aromatic rings. The molecule has 2 fully saturated rings. The number of hydrogen-bond donors (Lipinski definition) is 1. The number of nitrogens with zero attached hydrogens (tertiary/aromatic N) is 3. The van der Waals surface area contributed by atoms with Gasteiger partial charge in [0.2, 0.25) is 0 Å². The van der Waals surface area contributed by atoms with Gasteiger partial charge < -0.3 is 10.0 Å². The highest BCUT2D eigenvalue weighted by Gasteiger charge is 2.47. The van der Waals surface area contributed by atoms with Gasteiger partial charge in [-0.2, -0.15) is 5.10 Å². The fraction of sp³-hybridized carbons (Fsp3) is 0.471. The Bertz CT molecular complexity index is 779. The lowest BCUT2D eigenvalue weighted by molar-refractivity contribution is -0.142. The molecule has 24 heavy (non-hydrogen) atoms. The van der Waals surface area contributed by atoms with Gasteiger partial charge in [0.25, 0.3) is 5.91 Å². The van der Waals surface area contributed by atoms with Gasteiger partial charge >= 0.3 is 5.97 Å². The summed E-state index contributed by atoms with van der Waals surface area (Å²) in [5.74, 6) is -0.779. The van der Waals surface area contributed by atoms with Crippen molar-refractivity contribution in [2.24, 2.45) is 24.8 Å². The van der Waals surface area contributed by atoms with Crippen LogP contribution >= 0.6 is 11.3 Å². The molecule has 0 spiro atoms. The number of carbonyl (C=O) groups excluding carboxylic acids is 1. The maximum Gasteiger partial charge on any atom is 0.308 e. The van der Waals surface area contributed by atoms with Crippen LogP contribution in [0.25, 0.3) is 10.6 Å². The quantitative estimate of drug-likeness (QED) is 0.923. The molecule has 1 saturated carbocycles. The summed E-state index contributed by atoms with van der Waals surface area (Å²) in [4.78, 5) is 27.2. The van der Waals surface area contributed by atoms with Crippen molar-refractivity contribution in [3.63, 3.8) is 0 Å². The number of aliphatic carboxylic acids is 1. The number of aromatic nitrogens is 2. The first-order valence-corrected chi connectivity index (χ1v) is 9.02. The van der Waals surface area contributed by atoms with Crippen LogP contribution in [0.1, 0.15) is 23.2 Å². The average molecular weight is 345 g/mol. The average Bonchev–Trinajstić information content (AvgIpc) is 2.99. The summed E-state index contributed by atoms with van der Waals surface area (Å²) in [5, 5.41) is 15.9. The normalized spacial score (nSPS) is 23.6. The van der Waals surface area contributed by atoms with Crippen molar-refractivity contribution >= 4 is 23.2 Å². The van der Waals surface area contributed by atoms with Crippen molar-refractivity contribution < 1.29 is 14.7 Å². The first-order chi connectivity index (χ1) is 11.5. The number of amides is 1. The highest BCUT2D eigenvalue weighted by Crippen LogP contribution is 2.44. The van der Waals surface area contributed by atoms with Crippen molar-refractivity contribution in [2.45, 2.75) is 12.8 Å². The van der Waals surface area contributed by atoms with Gasteiger partial charge in [0.05, 0.1) is 16.4 Å². The zero-order valence-corrected chi connectivity index (χ0v) is 14.2. The van der Waals surface area contributed by atoms with Gasteiger partial charge in [0, 0.05) is 26.3 Å². The van der Waals surface area contributed by atoms with Gasteiger partial charge in [-0.25, -0.2) is 0 Å². The molecular weight excluding hydrogens is 326 g/mol. The number of aryl methyl sites for hydroxylation is 1. The molecule has 0 aromatic carbocycles. The molecule has 4 rings (SSSR count). The smallest absolute Gasteiger partial charge is 0.308 e. The second-order valence-corrected chi connectivity index (χ2v) is 7.65. The van der Waals surface area contributed by atoms with Gasteiger partial charge in [-0.1, -0.05) is 6.07 Å². The van der Waals surface area contributed by atoms with Crippen molar-refractivity contribution in [2.75, 3.05) is 13.1 Å². The molecule has 0 unspecified atom stereocenters. The molecule has 0 radical (unpaired) electrons. The Balaban J connectivity index is 1.62. The summed E-state index contributed by atoms with van der Waals surface area (Å²) in [6.45, 7) is 0.841. The van der Waals surface area contributed by atoms with E-state index in [0.29, 0.717) is 30.3 Å². The van der Waals surface area contributed by atoms with Gasteiger partial charge in [-0.3, -0.25) is 14.3 Å². The van der Waals surface area contributed by atoms with E-state index in [9.17, 15) is 14.7 Å². The molecule has 0 bridgehead atoms. The number of rotatable bonds is 4. The number of hydrogen-bond acceptors (Lipinski definition) is 4. The minimum absolute atomic E-state index is 0.0910. The summed E-state index contributed by atoms with van der Waals surface area (Å²) in [6.07, 6.45) is 3.91. The first kappa shape index (κ1) is 15.4. The standard InChI is InChI=1S/C17H19N3O3S/c1-19-7-13(15(18-19)14-3-2-6-24-14)16(21)20-8-11(10-4-5-10)12(9-20)17(22)23/h2-3,6-7,10-12H,4-5,8-9H2,1H3,(H,22,23)/t11-,12+/m1/s1. The first-order valence-electron chi connectivity index (χ1n) is 8.14. The van der Waals surface area contributed by atoms with Crippen molar-refractivity contribution in [3.05, 3.63) is 29.3 Å². The van der Waals surface area contributed by atoms with Crippen LogP contribution in [0.15, 0.2) is 23.7 Å². The highest BCUT2D eigenvalue weighted by molar-refractivity contribution is 7.13. The fourth-order valence-corrected chi connectivity index (χ4v) is 4.39. The third-order valence-electron chi connectivity index (χ3n) is 5.01. The lowest BCUT2D eigenvalue weighted by Gasteiger charge is -2.16. The zero-order valence-electron chi connectivity index (χ0n) is 13.4. The minimum Gasteiger partial charge on any atom is -0.481 e. The third-order valence-corrected chi connectivity index (χ3v) is 5.89. The molecule has 2 aromatic heterocycles. The van der Waals surface area contributed by atoms with Crippen LogP contribution in [-0.2, 0) is 11.8 Å². The van der Waals surface area contributed by atoms with E-state index in [4.69, 9.17) is 0 Å². The second-order valence-electron chi connectivity index (χ2n) is 6.70. The maximum atomic E-state index is 13.0. The number of likely N-dealkylation sites (tertiary alicyclic amines) is 1. The van der Waals surface area contributed by atoms with Crippen molar-refractivity contribution in [1.82, 2.24) is 14.7 Å². The van der Waals surface area contributed by atoms with Crippen LogP contribution in [0.5, 0.6) is 0 Å². The Morgan fingerprint density at radius 2 is 2.12 bits per heavy atom. The minimum atomic E-state index is -0.785. The van der Waals surface area contributed by atoms with Crippen LogP contribution < -0.4 is 0 Å². The van der Waals surface area contributed by atoms with Crippen LogP contribution in [-0.4, -0.2) is 44.8 Å². The molecule has 1 aliphatic heterocycles. The van der Waals surface area contributed by atoms with E-state index in [1.807, 2.05) is 17.5 Å². The summed E-state index contributed by atoms with van der Waals surface area (Å²) >= 11 is 1.54. The van der Waals surface area contributed by atoms with Crippen molar-refractivity contribution in [3.8, 4) is 10.6 Å². The Morgan fingerprint density at radius 1 is 1.33 bits per heavy atom. The molecule has 7 heteroatoms. The van der Waals surface area contributed by atoms with E-state index in [1.165, 1.54) is 0 Å². The summed E-state index contributed by atoms with van der Waals surface area (Å²) in [7, 11) is 1.80. The predicted molar refractivity (Wildman–Crippen MR) is 89.8 cm³/mol. The number of carbonyl (C=O) groups is 2. The molecular formula is C17H19N3O3S. The monoisotopic (exact) mass is 345 g/mol. The SMILES string of the molecule is Cn1cc(C(=O)N2C[C@H](C(=O)O)[C@@H](C3CC3)C2)c(-c2cccs2)n1. The summed E-state index contributed by atoms with van der Waals surface area (Å²) in [6, 6.07) is 3.88. The Hall–Kier alpha value is -2.15. The third kappa shape index (κ3) is 2.62. The molecule has 1 amide bonds. The Labute approximate surface area is 143 Å². The molecule has 3 heterocycles. The zero-order chi connectivity index (χ0) is 16.8. The molecule has 2 atom stereocenters. The van der Waals surface area contributed by atoms with E-state index in [1.54, 1.807) is 34.2 Å². The molecule has 1 N–H and O–H groups in total. The molecule has 1 saturated heterocycles. The van der Waals surface area contributed by atoms with E-state index in [2.05, 4.69) is 5.10 Å². The van der Waals surface area contributed by atoms with E-state index in [0.717, 1.165) is 17.7 Å². The molecule has 126 valence electrons. The largest absolute Gasteiger partial charge is 0.481 e. The van der Waals surface area contributed by atoms with Gasteiger partial charge in [-0.05, 0) is 36.1 Å². The van der Waals surface area contributed by atoms with E-state index in [-0.39, 0.29) is 11.8 Å². The summed E-state index contributed by atoms with van der Waals surface area (Å²) in [5.41, 5.74) is 1.24. The number of thiophene rings is 1. The van der Waals surface area contributed by atoms with Crippen LogP contribution in [0, 0.1) is 17.8 Å². The van der Waals surface area contributed by atoms with E-state index < -0.39 is 11.9 Å². The Kier molecular flexibility index (Phi) is 3.68. The second kappa shape index (κ2) is 5.73. The van der Waals surface area contributed by atoms with Gasteiger partial charge in [0.1, 0.15) is 5.69 Å². The van der Waals surface area contributed by atoms with Gasteiger partial charge in [-0.15, -0.1) is 11.3 Å². The lowest BCUT2D eigenvalue weighted by atomic mass is 9.92. The van der Waals surface area contributed by atoms with E-state index >= 15 is 0 Å². The fourth-order valence-electron chi connectivity index (χ4n) is 3.67. The summed E-state index contributed by atoms with van der Waals surface area (Å²) < 4.78 is 1.64. The topological polar surface area (TPSA) is 75.4 Å². The molecule has 2 aliphatic rings. The number of carboxylic acid groups (broad SMARTS) is 1. The van der Waals surface area contributed by atoms with Crippen LogP contribution in [0.3, 0.4) is 0 Å². The molecule has 1 aliphatic carbocycles. The Morgan fingerprint density at radius 3 is 2.75 bits per heavy atom.